The average Bonchev–Trinajstić information content (AvgIpc) is 2.81. The van der Waals surface area contributed by atoms with Crippen LogP contribution in [0.25, 0.3) is 0 Å². The van der Waals surface area contributed by atoms with Crippen LogP contribution in [0.2, 0.25) is 0 Å². The van der Waals surface area contributed by atoms with E-state index in [9.17, 15) is 14.0 Å². The van der Waals surface area contributed by atoms with Gasteiger partial charge in [0.15, 0.2) is 0 Å². The zero-order valence-electron chi connectivity index (χ0n) is 19.0. The lowest BCUT2D eigenvalue weighted by molar-refractivity contribution is -0.141. The Kier molecular flexibility index (Phi) is 8.65. The molecule has 0 spiro atoms. The van der Waals surface area contributed by atoms with E-state index < -0.39 is 11.9 Å². The Hall–Kier alpha value is -2.89. The highest BCUT2D eigenvalue weighted by atomic mass is 19.1. The molecule has 0 radical (unpaired) electrons. The van der Waals surface area contributed by atoms with Gasteiger partial charge in [-0.2, -0.15) is 0 Å². The van der Waals surface area contributed by atoms with Gasteiger partial charge in [0.25, 0.3) is 0 Å². The number of halogens is 1. The molecule has 3 rings (SSSR count). The largest absolute Gasteiger partial charge is 0.497 e. The smallest absolute Gasteiger partial charge is 0.243 e. The van der Waals surface area contributed by atoms with Crippen molar-refractivity contribution in [1.29, 1.82) is 0 Å². The van der Waals surface area contributed by atoms with E-state index >= 15 is 0 Å². The third-order valence-corrected chi connectivity index (χ3v) is 6.12. The molecule has 1 fully saturated rings. The Morgan fingerprint density at radius 3 is 2.56 bits per heavy atom. The van der Waals surface area contributed by atoms with Crippen molar-refractivity contribution in [1.82, 2.24) is 10.2 Å². The van der Waals surface area contributed by atoms with Crippen molar-refractivity contribution in [2.45, 2.75) is 70.5 Å². The van der Waals surface area contributed by atoms with E-state index in [1.165, 1.54) is 12.5 Å². The third kappa shape index (κ3) is 6.31. The number of carbonyl (C=O) groups is 2. The Bertz CT molecular complexity index is 911. The van der Waals surface area contributed by atoms with E-state index in [2.05, 4.69) is 5.32 Å². The summed E-state index contributed by atoms with van der Waals surface area (Å²) < 4.78 is 19.5. The molecule has 32 heavy (non-hydrogen) atoms. The summed E-state index contributed by atoms with van der Waals surface area (Å²) in [6.07, 6.45) is 5.76. The fourth-order valence-corrected chi connectivity index (χ4v) is 4.34. The monoisotopic (exact) mass is 440 g/mol. The van der Waals surface area contributed by atoms with Crippen LogP contribution in [0.3, 0.4) is 0 Å². The number of hydrogen-bond acceptors (Lipinski definition) is 3. The maximum atomic E-state index is 14.2. The van der Waals surface area contributed by atoms with Crippen LogP contribution in [-0.4, -0.2) is 35.9 Å². The molecule has 2 aromatic rings. The first-order chi connectivity index (χ1) is 15.5. The highest BCUT2D eigenvalue weighted by Crippen LogP contribution is 2.21. The first-order valence-electron chi connectivity index (χ1n) is 11.5. The number of benzene rings is 2. The topological polar surface area (TPSA) is 58.6 Å². The number of methoxy groups -OCH3 is 1. The number of amides is 2. The number of ether oxygens (including phenoxy) is 1. The van der Waals surface area contributed by atoms with Gasteiger partial charge in [0, 0.05) is 12.6 Å². The molecule has 1 atom stereocenters. The van der Waals surface area contributed by atoms with Gasteiger partial charge in [0.1, 0.15) is 17.6 Å². The fourth-order valence-electron chi connectivity index (χ4n) is 4.34. The lowest BCUT2D eigenvalue weighted by atomic mass is 9.95. The minimum Gasteiger partial charge on any atom is -0.497 e. The van der Waals surface area contributed by atoms with Gasteiger partial charge < -0.3 is 15.0 Å². The van der Waals surface area contributed by atoms with Crippen molar-refractivity contribution in [3.05, 3.63) is 65.5 Å². The molecule has 1 saturated carbocycles. The van der Waals surface area contributed by atoms with Gasteiger partial charge in [-0.05, 0) is 48.6 Å². The van der Waals surface area contributed by atoms with Gasteiger partial charge in [-0.1, -0.05) is 56.5 Å². The van der Waals surface area contributed by atoms with E-state index in [4.69, 9.17) is 4.74 Å². The number of nitrogens with zero attached hydrogens (tertiary/aromatic N) is 1. The number of carbonyl (C=O) groups excluding carboxylic acids is 2. The molecule has 6 heteroatoms. The molecule has 0 bridgehead atoms. The van der Waals surface area contributed by atoms with Crippen molar-refractivity contribution in [3.63, 3.8) is 0 Å². The fraction of sp³-hybridized carbons (Fsp3) is 0.462. The Morgan fingerprint density at radius 1 is 1.12 bits per heavy atom. The molecule has 1 N–H and O–H groups in total. The average molecular weight is 441 g/mol. The van der Waals surface area contributed by atoms with Crippen LogP contribution in [0.1, 0.15) is 56.6 Å². The molecular formula is C26H33FN2O3. The number of nitrogens with one attached hydrogen (secondary N) is 1. The van der Waals surface area contributed by atoms with E-state index in [1.807, 2.05) is 31.2 Å². The minimum atomic E-state index is -0.623. The number of rotatable bonds is 9. The molecule has 2 aromatic carbocycles. The van der Waals surface area contributed by atoms with Gasteiger partial charge in [-0.3, -0.25) is 9.59 Å². The van der Waals surface area contributed by atoms with Gasteiger partial charge >= 0.3 is 0 Å². The van der Waals surface area contributed by atoms with Gasteiger partial charge in [-0.15, -0.1) is 0 Å². The number of hydrogen-bond donors (Lipinski definition) is 1. The molecule has 0 heterocycles. The zero-order chi connectivity index (χ0) is 22.9. The molecule has 1 aliphatic carbocycles. The summed E-state index contributed by atoms with van der Waals surface area (Å²) in [6.45, 7) is 2.15. The predicted molar refractivity (Wildman–Crippen MR) is 123 cm³/mol. The molecule has 2 amide bonds. The van der Waals surface area contributed by atoms with Crippen molar-refractivity contribution >= 4 is 11.8 Å². The van der Waals surface area contributed by atoms with E-state index in [1.54, 1.807) is 30.2 Å². The van der Waals surface area contributed by atoms with Crippen LogP contribution in [0, 0.1) is 5.82 Å². The van der Waals surface area contributed by atoms with Crippen LogP contribution >= 0.6 is 0 Å². The summed E-state index contributed by atoms with van der Waals surface area (Å²) in [6, 6.07) is 13.3. The van der Waals surface area contributed by atoms with Crippen molar-refractivity contribution in [3.8, 4) is 5.75 Å². The van der Waals surface area contributed by atoms with Crippen molar-refractivity contribution in [2.24, 2.45) is 0 Å². The summed E-state index contributed by atoms with van der Waals surface area (Å²) in [5.41, 5.74) is 1.19. The molecule has 1 aliphatic rings. The van der Waals surface area contributed by atoms with Crippen LogP contribution in [0.15, 0.2) is 48.5 Å². The first-order valence-corrected chi connectivity index (χ1v) is 11.5. The highest BCUT2D eigenvalue weighted by Gasteiger charge is 2.30. The molecular weight excluding hydrogens is 407 g/mol. The van der Waals surface area contributed by atoms with E-state index in [-0.39, 0.29) is 30.8 Å². The molecule has 5 nitrogen and oxygen atoms in total. The van der Waals surface area contributed by atoms with Gasteiger partial charge in [-0.25, -0.2) is 4.39 Å². The Balaban J connectivity index is 1.83. The minimum absolute atomic E-state index is 0.0934. The highest BCUT2D eigenvalue weighted by molar-refractivity contribution is 5.88. The summed E-state index contributed by atoms with van der Waals surface area (Å²) in [4.78, 5) is 28.2. The molecule has 172 valence electrons. The maximum absolute atomic E-state index is 14.2. The lowest BCUT2D eigenvalue weighted by Crippen LogP contribution is -2.52. The first kappa shape index (κ1) is 23.8. The third-order valence-electron chi connectivity index (χ3n) is 6.12. The van der Waals surface area contributed by atoms with E-state index in [0.29, 0.717) is 17.7 Å². The van der Waals surface area contributed by atoms with Gasteiger partial charge in [0.05, 0.1) is 13.5 Å². The zero-order valence-corrected chi connectivity index (χ0v) is 19.0. The van der Waals surface area contributed by atoms with Crippen molar-refractivity contribution < 1.29 is 18.7 Å². The van der Waals surface area contributed by atoms with Crippen LogP contribution in [-0.2, 0) is 22.6 Å². The normalized spacial score (nSPS) is 15.1. The molecule has 0 aromatic heterocycles. The quantitative estimate of drug-likeness (QED) is 0.618. The van der Waals surface area contributed by atoms with Crippen LogP contribution < -0.4 is 10.1 Å². The SMILES string of the molecule is CC[C@H](C(=O)NC1CCCCC1)N(Cc1cccc(OC)c1)C(=O)Cc1ccccc1F. The summed E-state index contributed by atoms with van der Waals surface area (Å²) in [7, 11) is 1.59. The second kappa shape index (κ2) is 11.7. The molecule has 0 aliphatic heterocycles. The van der Waals surface area contributed by atoms with Crippen molar-refractivity contribution in [2.75, 3.05) is 7.11 Å². The van der Waals surface area contributed by atoms with Crippen LogP contribution in [0.5, 0.6) is 5.75 Å². The Morgan fingerprint density at radius 2 is 1.88 bits per heavy atom. The van der Waals surface area contributed by atoms with Gasteiger partial charge in [0.2, 0.25) is 11.8 Å². The summed E-state index contributed by atoms with van der Waals surface area (Å²) in [5.74, 6) is -0.140. The maximum Gasteiger partial charge on any atom is 0.243 e. The summed E-state index contributed by atoms with van der Waals surface area (Å²) >= 11 is 0. The summed E-state index contributed by atoms with van der Waals surface area (Å²) in [5, 5.41) is 3.16. The lowest BCUT2D eigenvalue weighted by Gasteiger charge is -2.33. The van der Waals surface area contributed by atoms with E-state index in [0.717, 1.165) is 31.2 Å². The second-order valence-corrected chi connectivity index (χ2v) is 8.41. The predicted octanol–water partition coefficient (Wildman–Crippen LogP) is 4.63. The molecule has 0 unspecified atom stereocenters. The second-order valence-electron chi connectivity index (χ2n) is 8.41. The Labute approximate surface area is 190 Å². The standard InChI is InChI=1S/C26H33FN2O3/c1-3-24(26(31)28-21-12-5-4-6-13-21)29(18-19-10-9-14-22(16-19)32-2)25(30)17-20-11-7-8-15-23(20)27/h7-11,14-16,21,24H,3-6,12-13,17-18H2,1-2H3,(H,28,31)/t24-/m1/s1. The van der Waals surface area contributed by atoms with Crippen LogP contribution in [0.4, 0.5) is 4.39 Å². The molecule has 0 saturated heterocycles.